The Morgan fingerprint density at radius 1 is 1.10 bits per heavy atom. The minimum atomic E-state index is -5.62. The Morgan fingerprint density at radius 3 is 2.05 bits per heavy atom. The summed E-state index contributed by atoms with van der Waals surface area (Å²) in [7, 11) is 0. The lowest BCUT2D eigenvalue weighted by atomic mass is 10.0. The van der Waals surface area contributed by atoms with E-state index in [1.54, 1.807) is 13.0 Å². The van der Waals surface area contributed by atoms with Crippen LogP contribution in [-0.4, -0.2) is 30.8 Å². The summed E-state index contributed by atoms with van der Waals surface area (Å²) in [6.45, 7) is 1.97. The van der Waals surface area contributed by atoms with E-state index in [4.69, 9.17) is 0 Å². The fraction of sp³-hybridized carbons (Fsp3) is 0.462. The Kier molecular flexibility index (Phi) is 5.03. The number of rotatable bonds is 4. The van der Waals surface area contributed by atoms with Crippen molar-refractivity contribution in [2.24, 2.45) is 0 Å². The first-order chi connectivity index (χ1) is 9.43. The van der Waals surface area contributed by atoms with Gasteiger partial charge in [0.25, 0.3) is 0 Å². The Labute approximate surface area is 116 Å². The number of hydrogen-bond acceptors (Lipinski definition) is 2. The van der Waals surface area contributed by atoms with E-state index >= 15 is 0 Å². The van der Waals surface area contributed by atoms with Crippen LogP contribution in [0, 0.1) is 13.8 Å². The van der Waals surface area contributed by atoms with Gasteiger partial charge in [-0.25, -0.2) is 0 Å². The number of aryl methyl sites for hydroxylation is 2. The molecule has 0 atom stereocenters. The molecule has 0 heterocycles. The summed E-state index contributed by atoms with van der Waals surface area (Å²) in [5.41, 5.74) is 1.30. The Balaban J connectivity index is 2.83. The second kappa shape index (κ2) is 6.05. The van der Waals surface area contributed by atoms with Crippen LogP contribution in [0.15, 0.2) is 18.2 Å². The number of Topliss-reactive ketones (excluding diaryl/α,β-unsaturated/α-hetero) is 1. The standard InChI is InChI=1S/C13H12F6O2/c1-7-3-4-9(8(2)5-7)10(20)6-21-11(12(14,15)16)13(17,18)19/h3-5,11H,6H2,1-2H3. The van der Waals surface area contributed by atoms with Gasteiger partial charge >= 0.3 is 12.4 Å². The van der Waals surface area contributed by atoms with Gasteiger partial charge in [0.15, 0.2) is 5.78 Å². The number of carbonyl (C=O) groups excluding carboxylic acids is 1. The summed E-state index contributed by atoms with van der Waals surface area (Å²) in [5, 5.41) is 0. The quantitative estimate of drug-likeness (QED) is 0.620. The molecule has 0 amide bonds. The first-order valence-electron chi connectivity index (χ1n) is 5.78. The van der Waals surface area contributed by atoms with Gasteiger partial charge in [0.05, 0.1) is 0 Å². The van der Waals surface area contributed by atoms with Crippen molar-refractivity contribution in [3.8, 4) is 0 Å². The van der Waals surface area contributed by atoms with Gasteiger partial charge in [-0.15, -0.1) is 0 Å². The summed E-state index contributed by atoms with van der Waals surface area (Å²) in [6.07, 6.45) is -15.2. The van der Waals surface area contributed by atoms with Crippen molar-refractivity contribution < 1.29 is 35.9 Å². The lowest BCUT2D eigenvalue weighted by Crippen LogP contribution is -2.45. The molecule has 0 saturated carbocycles. The van der Waals surface area contributed by atoms with Crippen LogP contribution >= 0.6 is 0 Å². The number of ketones is 1. The molecule has 0 N–H and O–H groups in total. The normalized spacial score (nSPS) is 12.8. The van der Waals surface area contributed by atoms with Crippen molar-refractivity contribution >= 4 is 5.78 Å². The lowest BCUT2D eigenvalue weighted by Gasteiger charge is -2.22. The minimum Gasteiger partial charge on any atom is -0.353 e. The summed E-state index contributed by atoms with van der Waals surface area (Å²) < 4.78 is 77.2. The molecule has 21 heavy (non-hydrogen) atoms. The summed E-state index contributed by atoms with van der Waals surface area (Å²) in [4.78, 5) is 11.7. The van der Waals surface area contributed by atoms with Crippen LogP contribution in [0.3, 0.4) is 0 Å². The maximum absolute atomic E-state index is 12.2. The molecule has 0 aliphatic rings. The largest absolute Gasteiger partial charge is 0.423 e. The van der Waals surface area contributed by atoms with Gasteiger partial charge in [0.2, 0.25) is 6.10 Å². The van der Waals surface area contributed by atoms with Crippen LogP contribution in [-0.2, 0) is 4.74 Å². The number of benzene rings is 1. The van der Waals surface area contributed by atoms with Crippen LogP contribution in [0.4, 0.5) is 26.3 Å². The van der Waals surface area contributed by atoms with Gasteiger partial charge in [-0.1, -0.05) is 23.8 Å². The van der Waals surface area contributed by atoms with Crippen LogP contribution in [0.5, 0.6) is 0 Å². The summed E-state index contributed by atoms with van der Waals surface area (Å²) in [5.74, 6) is -0.939. The molecule has 0 radical (unpaired) electrons. The fourth-order valence-electron chi connectivity index (χ4n) is 1.74. The number of halogens is 6. The molecule has 8 heteroatoms. The van der Waals surface area contributed by atoms with Crippen LogP contribution in [0.2, 0.25) is 0 Å². The Bertz CT molecular complexity index is 504. The molecule has 0 fully saturated rings. The minimum absolute atomic E-state index is 0.0312. The topological polar surface area (TPSA) is 26.3 Å². The molecular weight excluding hydrogens is 302 g/mol. The molecule has 1 rings (SSSR count). The summed E-state index contributed by atoms with van der Waals surface area (Å²) >= 11 is 0. The van der Waals surface area contributed by atoms with Gasteiger partial charge in [-0.3, -0.25) is 4.79 Å². The van der Waals surface area contributed by atoms with Gasteiger partial charge < -0.3 is 4.74 Å². The average molecular weight is 314 g/mol. The molecular formula is C13H12F6O2. The first-order valence-corrected chi connectivity index (χ1v) is 5.78. The fourth-order valence-corrected chi connectivity index (χ4v) is 1.74. The Morgan fingerprint density at radius 2 is 1.62 bits per heavy atom. The van der Waals surface area contributed by atoms with E-state index in [9.17, 15) is 31.1 Å². The molecule has 0 aromatic heterocycles. The van der Waals surface area contributed by atoms with E-state index in [2.05, 4.69) is 4.74 Å². The van der Waals surface area contributed by atoms with Gasteiger partial charge in [-0.2, -0.15) is 26.3 Å². The molecule has 0 aliphatic carbocycles. The highest BCUT2D eigenvalue weighted by atomic mass is 19.4. The maximum Gasteiger partial charge on any atom is 0.423 e. The molecule has 0 aliphatic heterocycles. The molecule has 0 unspecified atom stereocenters. The van der Waals surface area contributed by atoms with Crippen molar-refractivity contribution in [1.29, 1.82) is 0 Å². The van der Waals surface area contributed by atoms with Crippen molar-refractivity contribution in [2.75, 3.05) is 6.61 Å². The van der Waals surface area contributed by atoms with E-state index in [1.807, 2.05) is 0 Å². The molecule has 1 aromatic carbocycles. The highest BCUT2D eigenvalue weighted by Crippen LogP contribution is 2.35. The van der Waals surface area contributed by atoms with Crippen molar-refractivity contribution in [3.63, 3.8) is 0 Å². The number of alkyl halides is 6. The van der Waals surface area contributed by atoms with E-state index in [-0.39, 0.29) is 5.56 Å². The van der Waals surface area contributed by atoms with Crippen molar-refractivity contribution in [2.45, 2.75) is 32.3 Å². The zero-order chi connectivity index (χ0) is 16.4. The predicted molar refractivity (Wildman–Crippen MR) is 62.1 cm³/mol. The molecule has 2 nitrogen and oxygen atoms in total. The molecule has 0 saturated heterocycles. The second-order valence-electron chi connectivity index (χ2n) is 4.52. The third-order valence-corrected chi connectivity index (χ3v) is 2.66. The number of ether oxygens (including phenoxy) is 1. The highest BCUT2D eigenvalue weighted by molar-refractivity contribution is 5.98. The van der Waals surface area contributed by atoms with Gasteiger partial charge in [0.1, 0.15) is 6.61 Å². The monoisotopic (exact) mass is 314 g/mol. The highest BCUT2D eigenvalue weighted by Gasteiger charge is 2.58. The predicted octanol–water partition coefficient (Wildman–Crippen LogP) is 4.00. The first kappa shape index (κ1) is 17.5. The zero-order valence-corrected chi connectivity index (χ0v) is 11.1. The van der Waals surface area contributed by atoms with E-state index in [1.165, 1.54) is 19.1 Å². The molecule has 0 spiro atoms. The number of carbonyl (C=O) groups is 1. The SMILES string of the molecule is Cc1ccc(C(=O)COC(C(F)(F)F)C(F)(F)F)c(C)c1. The number of hydrogen-bond donors (Lipinski definition) is 0. The third-order valence-electron chi connectivity index (χ3n) is 2.66. The second-order valence-corrected chi connectivity index (χ2v) is 4.52. The smallest absolute Gasteiger partial charge is 0.353 e. The Hall–Kier alpha value is -1.57. The van der Waals surface area contributed by atoms with Crippen molar-refractivity contribution in [1.82, 2.24) is 0 Å². The molecule has 0 bridgehead atoms. The average Bonchev–Trinajstić information content (AvgIpc) is 2.24. The van der Waals surface area contributed by atoms with Gasteiger partial charge in [0, 0.05) is 5.56 Å². The molecule has 1 aromatic rings. The van der Waals surface area contributed by atoms with Crippen molar-refractivity contribution in [3.05, 3.63) is 34.9 Å². The van der Waals surface area contributed by atoms with E-state index in [0.29, 0.717) is 5.56 Å². The van der Waals surface area contributed by atoms with E-state index in [0.717, 1.165) is 5.56 Å². The lowest BCUT2D eigenvalue weighted by molar-refractivity contribution is -0.318. The van der Waals surface area contributed by atoms with Crippen LogP contribution in [0.1, 0.15) is 21.5 Å². The maximum atomic E-state index is 12.2. The van der Waals surface area contributed by atoms with Crippen LogP contribution < -0.4 is 0 Å². The molecule has 118 valence electrons. The van der Waals surface area contributed by atoms with Gasteiger partial charge in [-0.05, 0) is 19.4 Å². The summed E-state index contributed by atoms with van der Waals surface area (Å²) in [6, 6.07) is 4.47. The van der Waals surface area contributed by atoms with E-state index < -0.39 is 30.8 Å². The zero-order valence-electron chi connectivity index (χ0n) is 11.1. The van der Waals surface area contributed by atoms with Crippen LogP contribution in [0.25, 0.3) is 0 Å². The third kappa shape index (κ3) is 4.73.